The fourth-order valence-electron chi connectivity index (χ4n) is 3.08. The van der Waals surface area contributed by atoms with Gasteiger partial charge in [0.2, 0.25) is 5.88 Å². The SMILES string of the molecule is N=C(CCCCCOc1ccc(C(=N)N)cc1)CCCCCOc1ccc(C(=N)N)cn1. The summed E-state index contributed by atoms with van der Waals surface area (Å²) in [6.07, 6.45) is 9.17. The van der Waals surface area contributed by atoms with Crippen LogP contribution in [0.15, 0.2) is 42.6 Å². The molecule has 0 unspecified atom stereocenters. The second-order valence-electron chi connectivity index (χ2n) is 7.66. The molecule has 0 bridgehead atoms. The van der Waals surface area contributed by atoms with E-state index in [2.05, 4.69) is 4.98 Å². The number of nitrogens with zero attached hydrogens (tertiary/aromatic N) is 1. The second-order valence-corrected chi connectivity index (χ2v) is 7.66. The minimum absolute atomic E-state index is 0.00265. The zero-order valence-electron chi connectivity index (χ0n) is 18.5. The first-order chi connectivity index (χ1) is 15.5. The van der Waals surface area contributed by atoms with Crippen molar-refractivity contribution in [2.24, 2.45) is 11.5 Å². The van der Waals surface area contributed by atoms with Crippen LogP contribution in [0.2, 0.25) is 0 Å². The van der Waals surface area contributed by atoms with Gasteiger partial charge in [-0.05, 0) is 81.7 Å². The van der Waals surface area contributed by atoms with Crippen molar-refractivity contribution in [3.8, 4) is 11.6 Å². The zero-order valence-corrected chi connectivity index (χ0v) is 18.5. The molecule has 7 N–H and O–H groups in total. The number of ether oxygens (including phenoxy) is 2. The predicted molar refractivity (Wildman–Crippen MR) is 128 cm³/mol. The average Bonchev–Trinajstić information content (AvgIpc) is 2.79. The number of nitrogens with one attached hydrogen (secondary N) is 3. The Labute approximate surface area is 189 Å². The van der Waals surface area contributed by atoms with Crippen LogP contribution < -0.4 is 20.9 Å². The minimum Gasteiger partial charge on any atom is -0.494 e. The van der Waals surface area contributed by atoms with E-state index in [1.807, 2.05) is 12.1 Å². The maximum Gasteiger partial charge on any atom is 0.213 e. The zero-order chi connectivity index (χ0) is 23.2. The van der Waals surface area contributed by atoms with Gasteiger partial charge < -0.3 is 26.4 Å². The molecule has 0 fully saturated rings. The van der Waals surface area contributed by atoms with Gasteiger partial charge in [0.25, 0.3) is 0 Å². The third kappa shape index (κ3) is 9.59. The molecule has 0 saturated heterocycles. The number of unbranched alkanes of at least 4 members (excludes halogenated alkanes) is 4. The Kier molecular flexibility index (Phi) is 10.7. The highest BCUT2D eigenvalue weighted by Gasteiger charge is 2.02. The van der Waals surface area contributed by atoms with Crippen LogP contribution in [-0.2, 0) is 0 Å². The molecule has 1 heterocycles. The highest BCUT2D eigenvalue weighted by Crippen LogP contribution is 2.13. The van der Waals surface area contributed by atoms with Crippen LogP contribution in [0.1, 0.15) is 62.5 Å². The van der Waals surface area contributed by atoms with Crippen LogP contribution in [-0.4, -0.2) is 35.6 Å². The number of pyridine rings is 1. The minimum atomic E-state index is -0.00265. The van der Waals surface area contributed by atoms with Gasteiger partial charge >= 0.3 is 0 Å². The molecule has 172 valence electrons. The molecule has 0 saturated carbocycles. The number of nitrogens with two attached hydrogens (primary N) is 2. The van der Waals surface area contributed by atoms with Gasteiger partial charge in [-0.3, -0.25) is 10.8 Å². The molecule has 8 heteroatoms. The Bertz CT molecular complexity index is 794. The Morgan fingerprint density at radius 1 is 0.688 bits per heavy atom. The third-order valence-electron chi connectivity index (χ3n) is 4.98. The van der Waals surface area contributed by atoms with E-state index in [0.717, 1.165) is 62.8 Å². The second kappa shape index (κ2) is 13.8. The quantitative estimate of drug-likeness (QED) is 0.150. The fourth-order valence-corrected chi connectivity index (χ4v) is 3.08. The standard InChI is InChI=1S/C24H34N6O2/c25-20(7-3-1-5-15-31-21-12-9-18(10-13-21)23(26)27)8-4-2-6-16-32-22-14-11-19(17-30-22)24(28)29/h9-14,17,25H,1-8,15-16H2,(H3,26,27)(H3,28,29). The normalized spacial score (nSPS) is 10.5. The Morgan fingerprint density at radius 2 is 1.25 bits per heavy atom. The van der Waals surface area contributed by atoms with E-state index in [4.69, 9.17) is 37.2 Å². The van der Waals surface area contributed by atoms with Gasteiger partial charge in [-0.25, -0.2) is 4.98 Å². The summed E-state index contributed by atoms with van der Waals surface area (Å²) in [6, 6.07) is 10.7. The number of hydrogen-bond donors (Lipinski definition) is 5. The van der Waals surface area contributed by atoms with E-state index in [1.54, 1.807) is 24.3 Å². The molecule has 1 aromatic carbocycles. The first-order valence-corrected chi connectivity index (χ1v) is 11.0. The van der Waals surface area contributed by atoms with E-state index in [0.29, 0.717) is 30.2 Å². The van der Waals surface area contributed by atoms with Gasteiger partial charge in [0.1, 0.15) is 17.4 Å². The highest BCUT2D eigenvalue weighted by molar-refractivity contribution is 5.95. The fraction of sp³-hybridized carbons (Fsp3) is 0.417. The van der Waals surface area contributed by atoms with Crippen molar-refractivity contribution in [2.75, 3.05) is 13.2 Å². The summed E-state index contributed by atoms with van der Waals surface area (Å²) in [4.78, 5) is 4.13. The molecule has 32 heavy (non-hydrogen) atoms. The number of nitrogen functional groups attached to an aromatic ring is 2. The lowest BCUT2D eigenvalue weighted by Gasteiger charge is -2.08. The van der Waals surface area contributed by atoms with Gasteiger partial charge in [-0.1, -0.05) is 0 Å². The van der Waals surface area contributed by atoms with Crippen LogP contribution in [0, 0.1) is 16.2 Å². The van der Waals surface area contributed by atoms with Gasteiger partial charge in [0.15, 0.2) is 0 Å². The van der Waals surface area contributed by atoms with Gasteiger partial charge in [-0.2, -0.15) is 0 Å². The molecular formula is C24H34N6O2. The molecule has 2 aromatic rings. The Morgan fingerprint density at radius 3 is 1.78 bits per heavy atom. The van der Waals surface area contributed by atoms with E-state index < -0.39 is 0 Å². The number of amidine groups is 2. The monoisotopic (exact) mass is 438 g/mol. The lowest BCUT2D eigenvalue weighted by atomic mass is 10.1. The predicted octanol–water partition coefficient (Wildman–Crippen LogP) is 4.25. The van der Waals surface area contributed by atoms with Crippen molar-refractivity contribution in [2.45, 2.75) is 51.4 Å². The van der Waals surface area contributed by atoms with Crippen molar-refractivity contribution in [3.63, 3.8) is 0 Å². The molecule has 8 nitrogen and oxygen atoms in total. The first-order valence-electron chi connectivity index (χ1n) is 11.0. The molecule has 0 atom stereocenters. The molecular weight excluding hydrogens is 404 g/mol. The molecule has 1 aromatic heterocycles. The summed E-state index contributed by atoms with van der Waals surface area (Å²) in [5.41, 5.74) is 12.9. The van der Waals surface area contributed by atoms with E-state index in [1.165, 1.54) is 6.20 Å². The van der Waals surface area contributed by atoms with Crippen LogP contribution in [0.4, 0.5) is 0 Å². The van der Waals surface area contributed by atoms with Crippen LogP contribution in [0.5, 0.6) is 11.6 Å². The van der Waals surface area contributed by atoms with Crippen LogP contribution >= 0.6 is 0 Å². The molecule has 0 aliphatic carbocycles. The van der Waals surface area contributed by atoms with E-state index in [-0.39, 0.29) is 11.7 Å². The van der Waals surface area contributed by atoms with Crippen LogP contribution in [0.3, 0.4) is 0 Å². The summed E-state index contributed by atoms with van der Waals surface area (Å²) >= 11 is 0. The molecule has 2 rings (SSSR count). The van der Waals surface area contributed by atoms with Gasteiger partial charge in [0.05, 0.1) is 13.2 Å². The summed E-state index contributed by atoms with van der Waals surface area (Å²) in [6.45, 7) is 1.25. The maximum atomic E-state index is 8.10. The Balaban J connectivity index is 1.43. The van der Waals surface area contributed by atoms with Gasteiger partial charge in [0, 0.05) is 29.1 Å². The molecule has 0 radical (unpaired) electrons. The Hall–Kier alpha value is -3.42. The molecule has 0 spiro atoms. The van der Waals surface area contributed by atoms with E-state index >= 15 is 0 Å². The maximum absolute atomic E-state index is 8.10. The number of hydrogen-bond acceptors (Lipinski definition) is 6. The van der Waals surface area contributed by atoms with Crippen molar-refractivity contribution < 1.29 is 9.47 Å². The average molecular weight is 439 g/mol. The summed E-state index contributed by atoms with van der Waals surface area (Å²) in [5.74, 6) is 1.38. The topological polar surface area (TPSA) is 155 Å². The first kappa shape index (κ1) is 24.8. The third-order valence-corrected chi connectivity index (χ3v) is 4.98. The molecule has 0 aliphatic rings. The summed E-state index contributed by atoms with van der Waals surface area (Å²) in [7, 11) is 0. The number of aromatic nitrogens is 1. The lowest BCUT2D eigenvalue weighted by molar-refractivity contribution is 0.294. The van der Waals surface area contributed by atoms with E-state index in [9.17, 15) is 0 Å². The summed E-state index contributed by atoms with van der Waals surface area (Å²) in [5, 5.41) is 22.8. The van der Waals surface area contributed by atoms with Crippen molar-refractivity contribution >= 4 is 17.4 Å². The number of rotatable bonds is 16. The largest absolute Gasteiger partial charge is 0.494 e. The molecule has 0 aliphatic heterocycles. The summed E-state index contributed by atoms with van der Waals surface area (Å²) < 4.78 is 11.3. The van der Waals surface area contributed by atoms with Crippen molar-refractivity contribution in [1.82, 2.24) is 4.98 Å². The van der Waals surface area contributed by atoms with Crippen LogP contribution in [0.25, 0.3) is 0 Å². The van der Waals surface area contributed by atoms with Gasteiger partial charge in [-0.15, -0.1) is 0 Å². The lowest BCUT2D eigenvalue weighted by Crippen LogP contribution is -2.11. The molecule has 0 amide bonds. The van der Waals surface area contributed by atoms with Crippen molar-refractivity contribution in [1.29, 1.82) is 16.2 Å². The van der Waals surface area contributed by atoms with Crippen molar-refractivity contribution in [3.05, 3.63) is 53.7 Å². The number of benzene rings is 1. The smallest absolute Gasteiger partial charge is 0.213 e. The highest BCUT2D eigenvalue weighted by atomic mass is 16.5.